The molecule has 0 spiro atoms. The molecule has 0 saturated heterocycles. The van der Waals surface area contributed by atoms with Gasteiger partial charge >= 0.3 is 11.0 Å². The van der Waals surface area contributed by atoms with Crippen molar-refractivity contribution in [1.82, 2.24) is 0 Å². The Labute approximate surface area is 165 Å². The molecule has 14 heteroatoms. The highest BCUT2D eigenvalue weighted by Crippen LogP contribution is 2.36. The zero-order chi connectivity index (χ0) is 23.3. The van der Waals surface area contributed by atoms with Crippen LogP contribution in [-0.2, 0) is 26.6 Å². The Morgan fingerprint density at radius 1 is 0.966 bits per heavy atom. The zero-order valence-corrected chi connectivity index (χ0v) is 17.2. The number of quaternary nitrogens is 1. The summed E-state index contributed by atoms with van der Waals surface area (Å²) in [4.78, 5) is 0. The van der Waals surface area contributed by atoms with Crippen molar-refractivity contribution in [2.45, 2.75) is 30.5 Å². The van der Waals surface area contributed by atoms with Crippen LogP contribution in [0.3, 0.4) is 0 Å². The second-order valence-electron chi connectivity index (χ2n) is 6.31. The number of hydrogen-bond acceptors (Lipinski definition) is 4. The fourth-order valence-electron chi connectivity index (χ4n) is 1.70. The molecule has 0 saturated carbocycles. The number of sulfonamides is 2. The number of likely N-dealkylation sites (N-methyl/N-ethyl adjacent to an activating group) is 1. The third-order valence-corrected chi connectivity index (χ3v) is 6.40. The van der Waals surface area contributed by atoms with Crippen molar-refractivity contribution >= 4 is 20.0 Å². The first kappa shape index (κ1) is 27.4. The van der Waals surface area contributed by atoms with Gasteiger partial charge in [0.05, 0.1) is 14.1 Å². The van der Waals surface area contributed by atoms with Gasteiger partial charge in [0.2, 0.25) is 0 Å². The molecule has 1 aromatic rings. The first-order valence-electron chi connectivity index (χ1n) is 7.63. The summed E-state index contributed by atoms with van der Waals surface area (Å²) in [6.45, 7) is 7.11. The maximum Gasteiger partial charge on any atom is 0.480 e. The van der Waals surface area contributed by atoms with Gasteiger partial charge in [0.25, 0.3) is 0 Å². The van der Waals surface area contributed by atoms with Gasteiger partial charge in [-0.05, 0) is 13.0 Å². The highest BCUT2D eigenvalue weighted by atomic mass is 32.3. The molecule has 1 atom stereocenters. The summed E-state index contributed by atoms with van der Waals surface area (Å²) < 4.78 is 110. The van der Waals surface area contributed by atoms with Crippen molar-refractivity contribution < 1.29 is 47.7 Å². The van der Waals surface area contributed by atoms with E-state index in [9.17, 15) is 43.2 Å². The predicted octanol–water partition coefficient (Wildman–Crippen LogP) is 3.90. The standard InChI is InChI=1S/C13H20N.C2F6NO4S2/c1-5-12(2)14(3,4)11-13-9-7-6-8-10-13;3-1(4,5)14(10,11)9-15(12,13)2(6,7)8/h5-10,12H,1,11H2,2-4H3;/q+1;-1. The van der Waals surface area contributed by atoms with Crippen LogP contribution in [0.2, 0.25) is 0 Å². The highest BCUT2D eigenvalue weighted by Gasteiger charge is 2.46. The Hall–Kier alpha value is -1.64. The van der Waals surface area contributed by atoms with Gasteiger partial charge in [-0.15, -0.1) is 0 Å². The summed E-state index contributed by atoms with van der Waals surface area (Å²) in [6.07, 6.45) is 2.02. The molecular weight excluding hydrogens is 450 g/mol. The lowest BCUT2D eigenvalue weighted by Crippen LogP contribution is -2.45. The monoisotopic (exact) mass is 470 g/mol. The topological polar surface area (TPSA) is 82.4 Å². The molecule has 6 nitrogen and oxygen atoms in total. The highest BCUT2D eigenvalue weighted by molar-refractivity contribution is 8.13. The maximum absolute atomic E-state index is 11.4. The number of nitrogens with zero attached hydrogens (tertiary/aromatic N) is 2. The predicted molar refractivity (Wildman–Crippen MR) is 95.2 cm³/mol. The van der Waals surface area contributed by atoms with Crippen molar-refractivity contribution in [3.63, 3.8) is 0 Å². The van der Waals surface area contributed by atoms with Crippen LogP contribution < -0.4 is 0 Å². The number of hydrogen-bond donors (Lipinski definition) is 0. The largest absolute Gasteiger partial charge is 0.480 e. The van der Waals surface area contributed by atoms with E-state index in [0.717, 1.165) is 15.2 Å². The number of benzene rings is 1. The second-order valence-corrected chi connectivity index (χ2v) is 9.74. The first-order valence-corrected chi connectivity index (χ1v) is 10.5. The van der Waals surface area contributed by atoms with E-state index in [1.807, 2.05) is 6.08 Å². The minimum absolute atomic E-state index is 0.482. The third-order valence-electron chi connectivity index (χ3n) is 3.66. The minimum Gasteiger partial charge on any atom is -0.421 e. The fourth-order valence-corrected chi connectivity index (χ4v) is 3.41. The van der Waals surface area contributed by atoms with Crippen LogP contribution in [0.25, 0.3) is 4.13 Å². The molecule has 29 heavy (non-hydrogen) atoms. The smallest absolute Gasteiger partial charge is 0.421 e. The van der Waals surface area contributed by atoms with Crippen molar-refractivity contribution in [1.29, 1.82) is 0 Å². The Morgan fingerprint density at radius 2 is 1.34 bits per heavy atom. The van der Waals surface area contributed by atoms with Crippen LogP contribution in [0.5, 0.6) is 0 Å². The van der Waals surface area contributed by atoms with Gasteiger partial charge in [0, 0.05) is 5.56 Å². The molecule has 0 bridgehead atoms. The Kier molecular flexibility index (Phi) is 8.91. The lowest BCUT2D eigenvalue weighted by atomic mass is 10.1. The van der Waals surface area contributed by atoms with E-state index >= 15 is 0 Å². The first-order chi connectivity index (χ1) is 12.8. The van der Waals surface area contributed by atoms with Crippen molar-refractivity contribution in [3.8, 4) is 0 Å². The van der Waals surface area contributed by atoms with Crippen LogP contribution >= 0.6 is 0 Å². The van der Waals surface area contributed by atoms with Crippen molar-refractivity contribution in [3.05, 3.63) is 52.7 Å². The molecule has 0 amide bonds. The van der Waals surface area contributed by atoms with Gasteiger partial charge in [-0.25, -0.2) is 16.8 Å². The molecule has 0 radical (unpaired) electrons. The Morgan fingerprint density at radius 3 is 1.66 bits per heavy atom. The van der Waals surface area contributed by atoms with E-state index in [0.29, 0.717) is 6.04 Å². The molecule has 1 unspecified atom stereocenters. The number of halogens is 6. The molecule has 0 aliphatic heterocycles. The SMILES string of the molecule is C=CC(C)[N+](C)(C)Cc1ccccc1.O=S(=O)([N-]S(=O)(=O)C(F)(F)F)C(F)(F)F. The molecule has 0 N–H and O–H groups in total. The van der Waals surface area contributed by atoms with E-state index in [1.165, 1.54) is 5.56 Å². The maximum atomic E-state index is 11.4. The summed E-state index contributed by atoms with van der Waals surface area (Å²) in [5, 5.41) is 0. The molecule has 1 rings (SSSR count). The zero-order valence-electron chi connectivity index (χ0n) is 15.6. The molecule has 1 aromatic carbocycles. The van der Waals surface area contributed by atoms with Gasteiger partial charge in [-0.1, -0.05) is 36.9 Å². The van der Waals surface area contributed by atoms with Crippen LogP contribution in [0.4, 0.5) is 26.3 Å². The average Bonchev–Trinajstić information content (AvgIpc) is 2.52. The van der Waals surface area contributed by atoms with E-state index in [2.05, 4.69) is 57.9 Å². The molecule has 0 heterocycles. The number of alkyl halides is 6. The van der Waals surface area contributed by atoms with E-state index in [4.69, 9.17) is 0 Å². The summed E-state index contributed by atoms with van der Waals surface area (Å²) >= 11 is 0. The Balaban J connectivity index is 0.000000541. The lowest BCUT2D eigenvalue weighted by Gasteiger charge is -2.34. The molecule has 168 valence electrons. The Bertz CT molecular complexity index is 838. The van der Waals surface area contributed by atoms with E-state index < -0.39 is 31.1 Å². The van der Waals surface area contributed by atoms with Gasteiger partial charge in [-0.3, -0.25) is 0 Å². The van der Waals surface area contributed by atoms with Crippen LogP contribution in [0, 0.1) is 0 Å². The van der Waals surface area contributed by atoms with Crippen LogP contribution in [0.15, 0.2) is 43.0 Å². The third kappa shape index (κ3) is 8.32. The van der Waals surface area contributed by atoms with Gasteiger partial charge in [0.1, 0.15) is 12.6 Å². The molecule has 0 aliphatic carbocycles. The van der Waals surface area contributed by atoms with Crippen LogP contribution in [-0.4, -0.2) is 52.5 Å². The number of rotatable bonds is 6. The quantitative estimate of drug-likeness (QED) is 0.359. The summed E-state index contributed by atoms with van der Waals surface area (Å²) in [5.74, 6) is 0. The van der Waals surface area contributed by atoms with E-state index in [-0.39, 0.29) is 0 Å². The lowest BCUT2D eigenvalue weighted by molar-refractivity contribution is -0.919. The normalized spacial score (nSPS) is 14.5. The summed E-state index contributed by atoms with van der Waals surface area (Å²) in [7, 11) is -8.97. The molecule has 0 fully saturated rings. The molecular formula is C15H20F6N2O4S2. The fraction of sp³-hybridized carbons (Fsp3) is 0.467. The van der Waals surface area contributed by atoms with Gasteiger partial charge in [-0.2, -0.15) is 26.3 Å². The van der Waals surface area contributed by atoms with Crippen molar-refractivity contribution in [2.75, 3.05) is 14.1 Å². The van der Waals surface area contributed by atoms with Gasteiger partial charge in [0.15, 0.2) is 20.0 Å². The van der Waals surface area contributed by atoms with Crippen LogP contribution in [0.1, 0.15) is 12.5 Å². The van der Waals surface area contributed by atoms with Crippen molar-refractivity contribution in [2.24, 2.45) is 0 Å². The average molecular weight is 470 g/mol. The van der Waals surface area contributed by atoms with E-state index in [1.54, 1.807) is 0 Å². The minimum atomic E-state index is -6.72. The summed E-state index contributed by atoms with van der Waals surface area (Å²) in [5.41, 5.74) is -11.0. The second kappa shape index (κ2) is 9.45. The van der Waals surface area contributed by atoms with Gasteiger partial charge < -0.3 is 8.61 Å². The molecule has 0 aliphatic rings. The molecule has 0 aromatic heterocycles. The summed E-state index contributed by atoms with van der Waals surface area (Å²) in [6, 6.07) is 11.1.